The van der Waals surface area contributed by atoms with Crippen molar-refractivity contribution in [3.8, 4) is 6.07 Å². The van der Waals surface area contributed by atoms with Crippen molar-refractivity contribution in [2.24, 2.45) is 0 Å². The van der Waals surface area contributed by atoms with E-state index in [2.05, 4.69) is 21.4 Å². The lowest BCUT2D eigenvalue weighted by Crippen LogP contribution is -2.14. The summed E-state index contributed by atoms with van der Waals surface area (Å²) in [6.45, 7) is 3.79. The fourth-order valence-electron chi connectivity index (χ4n) is 2.08. The van der Waals surface area contributed by atoms with Crippen molar-refractivity contribution in [1.82, 2.24) is 9.97 Å². The van der Waals surface area contributed by atoms with E-state index in [1.54, 1.807) is 6.07 Å². The molecule has 6 heteroatoms. The summed E-state index contributed by atoms with van der Waals surface area (Å²) in [4.78, 5) is 21.9. The quantitative estimate of drug-likeness (QED) is 0.786. The first kappa shape index (κ1) is 14.2. The van der Waals surface area contributed by atoms with Crippen LogP contribution in [0.2, 0.25) is 0 Å². The Morgan fingerprint density at radius 2 is 2.00 bits per heavy atom. The molecule has 108 valence electrons. The molecule has 0 aliphatic heterocycles. The number of thiophene rings is 1. The van der Waals surface area contributed by atoms with Gasteiger partial charge in [0, 0.05) is 4.88 Å². The number of anilines is 1. The number of amides is 1. The SMILES string of the molecule is Cc1sc(NC(=O)c2cnc3ccccc3n2)c(C#N)c1C. The summed E-state index contributed by atoms with van der Waals surface area (Å²) in [6, 6.07) is 9.49. The van der Waals surface area contributed by atoms with Crippen molar-refractivity contribution in [1.29, 1.82) is 5.26 Å². The average Bonchev–Trinajstić information content (AvgIpc) is 2.80. The molecule has 0 radical (unpaired) electrons. The van der Waals surface area contributed by atoms with E-state index in [1.165, 1.54) is 17.5 Å². The van der Waals surface area contributed by atoms with Gasteiger partial charge in [0.25, 0.3) is 5.91 Å². The van der Waals surface area contributed by atoms with Gasteiger partial charge >= 0.3 is 0 Å². The maximum Gasteiger partial charge on any atom is 0.276 e. The minimum absolute atomic E-state index is 0.228. The van der Waals surface area contributed by atoms with Gasteiger partial charge in [-0.3, -0.25) is 9.78 Å². The fourth-order valence-corrected chi connectivity index (χ4v) is 3.09. The number of fused-ring (bicyclic) bond motifs is 1. The van der Waals surface area contributed by atoms with E-state index in [0.29, 0.717) is 16.1 Å². The van der Waals surface area contributed by atoms with Crippen LogP contribution in [0.5, 0.6) is 0 Å². The lowest BCUT2D eigenvalue weighted by atomic mass is 10.2. The Kier molecular flexibility index (Phi) is 3.57. The highest BCUT2D eigenvalue weighted by molar-refractivity contribution is 7.16. The Morgan fingerprint density at radius 1 is 1.27 bits per heavy atom. The number of carbonyl (C=O) groups excluding carboxylic acids is 1. The van der Waals surface area contributed by atoms with Crippen molar-refractivity contribution in [3.63, 3.8) is 0 Å². The molecule has 0 saturated carbocycles. The molecule has 1 amide bonds. The van der Waals surface area contributed by atoms with Gasteiger partial charge in [-0.25, -0.2) is 4.98 Å². The molecule has 0 bridgehead atoms. The molecule has 2 heterocycles. The summed E-state index contributed by atoms with van der Waals surface area (Å²) >= 11 is 1.39. The zero-order valence-electron chi connectivity index (χ0n) is 12.0. The lowest BCUT2D eigenvalue weighted by Gasteiger charge is -2.03. The third kappa shape index (κ3) is 2.43. The number of benzene rings is 1. The van der Waals surface area contributed by atoms with Gasteiger partial charge in [0.2, 0.25) is 0 Å². The molecular weight excluding hydrogens is 296 g/mol. The molecular formula is C16H12N4OS. The van der Waals surface area contributed by atoms with E-state index < -0.39 is 0 Å². The fraction of sp³-hybridized carbons (Fsp3) is 0.125. The van der Waals surface area contributed by atoms with Crippen LogP contribution in [0.15, 0.2) is 30.5 Å². The highest BCUT2D eigenvalue weighted by Gasteiger charge is 2.16. The van der Waals surface area contributed by atoms with Crippen LogP contribution in [0.4, 0.5) is 5.00 Å². The molecule has 0 spiro atoms. The van der Waals surface area contributed by atoms with Crippen molar-refractivity contribution in [3.05, 3.63) is 52.2 Å². The molecule has 0 aliphatic rings. The predicted molar refractivity (Wildman–Crippen MR) is 86.0 cm³/mol. The summed E-state index contributed by atoms with van der Waals surface area (Å²) in [5.41, 5.74) is 3.03. The van der Waals surface area contributed by atoms with Crippen molar-refractivity contribution < 1.29 is 4.79 Å². The number of nitriles is 1. The molecule has 3 rings (SSSR count). The van der Waals surface area contributed by atoms with Crippen LogP contribution in [0.1, 0.15) is 26.5 Å². The molecule has 1 aromatic carbocycles. The normalized spacial score (nSPS) is 10.4. The van der Waals surface area contributed by atoms with E-state index in [4.69, 9.17) is 0 Å². The van der Waals surface area contributed by atoms with Crippen LogP contribution in [0.3, 0.4) is 0 Å². The number of rotatable bonds is 2. The van der Waals surface area contributed by atoms with Crippen LogP contribution in [-0.4, -0.2) is 15.9 Å². The molecule has 0 unspecified atom stereocenters. The third-order valence-electron chi connectivity index (χ3n) is 3.41. The van der Waals surface area contributed by atoms with Crippen LogP contribution in [-0.2, 0) is 0 Å². The lowest BCUT2D eigenvalue weighted by molar-refractivity contribution is 0.102. The summed E-state index contributed by atoms with van der Waals surface area (Å²) in [6.07, 6.45) is 1.44. The van der Waals surface area contributed by atoms with Gasteiger partial charge in [0.15, 0.2) is 0 Å². The first-order chi connectivity index (χ1) is 10.6. The second kappa shape index (κ2) is 5.54. The zero-order valence-corrected chi connectivity index (χ0v) is 12.9. The van der Waals surface area contributed by atoms with Crippen LogP contribution in [0.25, 0.3) is 11.0 Å². The van der Waals surface area contributed by atoms with Gasteiger partial charge < -0.3 is 5.32 Å². The maximum absolute atomic E-state index is 12.3. The number of nitrogens with one attached hydrogen (secondary N) is 1. The predicted octanol–water partition coefficient (Wildman–Crippen LogP) is 3.43. The molecule has 0 saturated heterocycles. The second-order valence-electron chi connectivity index (χ2n) is 4.80. The third-order valence-corrected chi connectivity index (χ3v) is 4.53. The second-order valence-corrected chi connectivity index (χ2v) is 6.02. The van der Waals surface area contributed by atoms with Crippen molar-refractivity contribution >= 4 is 33.3 Å². The molecule has 0 aliphatic carbocycles. The summed E-state index contributed by atoms with van der Waals surface area (Å²) in [7, 11) is 0. The number of carbonyl (C=O) groups is 1. The van der Waals surface area contributed by atoms with Gasteiger partial charge in [0.05, 0.1) is 22.8 Å². The Balaban J connectivity index is 1.94. The smallest absolute Gasteiger partial charge is 0.276 e. The molecule has 5 nitrogen and oxygen atoms in total. The topological polar surface area (TPSA) is 78.7 Å². The van der Waals surface area contributed by atoms with Gasteiger partial charge in [0.1, 0.15) is 16.8 Å². The minimum Gasteiger partial charge on any atom is -0.311 e. The van der Waals surface area contributed by atoms with Gasteiger partial charge in [-0.1, -0.05) is 12.1 Å². The van der Waals surface area contributed by atoms with Crippen molar-refractivity contribution in [2.45, 2.75) is 13.8 Å². The van der Waals surface area contributed by atoms with E-state index in [-0.39, 0.29) is 11.6 Å². The number of para-hydroxylation sites is 2. The molecule has 3 aromatic rings. The first-order valence-electron chi connectivity index (χ1n) is 6.63. The van der Waals surface area contributed by atoms with E-state index in [0.717, 1.165) is 16.0 Å². The van der Waals surface area contributed by atoms with Gasteiger partial charge in [-0.2, -0.15) is 5.26 Å². The Hall–Kier alpha value is -2.78. The number of hydrogen-bond acceptors (Lipinski definition) is 5. The molecule has 22 heavy (non-hydrogen) atoms. The van der Waals surface area contributed by atoms with E-state index in [9.17, 15) is 10.1 Å². The monoisotopic (exact) mass is 308 g/mol. The molecule has 0 atom stereocenters. The Labute approximate surface area is 131 Å². The largest absolute Gasteiger partial charge is 0.311 e. The summed E-state index contributed by atoms with van der Waals surface area (Å²) in [5.74, 6) is -0.365. The number of aryl methyl sites for hydroxylation is 1. The van der Waals surface area contributed by atoms with Crippen LogP contribution in [0, 0.1) is 25.2 Å². The number of aromatic nitrogens is 2. The number of hydrogen-bond donors (Lipinski definition) is 1. The van der Waals surface area contributed by atoms with E-state index in [1.807, 2.05) is 32.0 Å². The minimum atomic E-state index is -0.365. The van der Waals surface area contributed by atoms with E-state index >= 15 is 0 Å². The van der Waals surface area contributed by atoms with Gasteiger partial charge in [-0.05, 0) is 31.5 Å². The molecule has 0 fully saturated rings. The summed E-state index contributed by atoms with van der Waals surface area (Å²) in [5, 5.41) is 12.5. The van der Waals surface area contributed by atoms with Crippen molar-refractivity contribution in [2.75, 3.05) is 5.32 Å². The Bertz CT molecular complexity index is 924. The highest BCUT2D eigenvalue weighted by atomic mass is 32.1. The van der Waals surface area contributed by atoms with Crippen LogP contribution < -0.4 is 5.32 Å². The number of nitrogens with zero attached hydrogens (tertiary/aromatic N) is 3. The Morgan fingerprint density at radius 3 is 2.73 bits per heavy atom. The first-order valence-corrected chi connectivity index (χ1v) is 7.45. The highest BCUT2D eigenvalue weighted by Crippen LogP contribution is 2.31. The average molecular weight is 308 g/mol. The van der Waals surface area contributed by atoms with Gasteiger partial charge in [-0.15, -0.1) is 11.3 Å². The maximum atomic E-state index is 12.3. The zero-order chi connectivity index (χ0) is 15.7. The van der Waals surface area contributed by atoms with Crippen LogP contribution >= 0.6 is 11.3 Å². The summed E-state index contributed by atoms with van der Waals surface area (Å²) < 4.78 is 0. The molecule has 2 aromatic heterocycles. The molecule has 1 N–H and O–H groups in total. The standard InChI is InChI=1S/C16H12N4OS/c1-9-10(2)22-16(11(9)7-17)20-15(21)14-8-18-12-5-3-4-6-13(12)19-14/h3-6,8H,1-2H3,(H,20,21).